The van der Waals surface area contributed by atoms with Crippen LogP contribution in [0.4, 0.5) is 18.9 Å². The Morgan fingerprint density at radius 2 is 1.96 bits per heavy atom. The number of amides is 1. The van der Waals surface area contributed by atoms with Crippen LogP contribution in [0, 0.1) is 0 Å². The molecule has 0 bridgehead atoms. The van der Waals surface area contributed by atoms with Crippen LogP contribution in [0.3, 0.4) is 0 Å². The highest BCUT2D eigenvalue weighted by Gasteiger charge is 2.47. The van der Waals surface area contributed by atoms with Crippen molar-refractivity contribution in [3.8, 4) is 5.75 Å². The summed E-state index contributed by atoms with van der Waals surface area (Å²) in [6.07, 6.45) is -3.61. The molecule has 3 rings (SSSR count). The molecule has 0 atom stereocenters. The Balaban J connectivity index is 1.94. The maximum atomic E-state index is 13.2. The summed E-state index contributed by atoms with van der Waals surface area (Å²) >= 11 is 0. The van der Waals surface area contributed by atoms with E-state index in [9.17, 15) is 18.0 Å². The molecule has 8 heteroatoms. The Kier molecular flexibility index (Phi) is 5.34. The number of halogens is 3. The number of nitrogens with zero attached hydrogens (tertiary/aromatic N) is 1. The molecule has 0 unspecified atom stereocenters. The van der Waals surface area contributed by atoms with Crippen LogP contribution in [0.5, 0.6) is 5.75 Å². The average molecular weight is 393 g/mol. The molecular weight excluding hydrogens is 371 g/mol. The van der Waals surface area contributed by atoms with Crippen molar-refractivity contribution >= 4 is 11.6 Å². The summed E-state index contributed by atoms with van der Waals surface area (Å²) in [6, 6.07) is 8.52. The van der Waals surface area contributed by atoms with Gasteiger partial charge in [-0.2, -0.15) is 13.2 Å². The zero-order valence-corrected chi connectivity index (χ0v) is 15.9. The van der Waals surface area contributed by atoms with Crippen molar-refractivity contribution in [1.29, 1.82) is 0 Å². The summed E-state index contributed by atoms with van der Waals surface area (Å²) in [5.41, 5.74) is 0.215. The predicted molar refractivity (Wildman–Crippen MR) is 99.5 cm³/mol. The monoisotopic (exact) mass is 393 g/mol. The summed E-state index contributed by atoms with van der Waals surface area (Å²) in [6.45, 7) is 5.00. The van der Waals surface area contributed by atoms with Crippen LogP contribution in [0.2, 0.25) is 0 Å². The molecular formula is C20H22F3N3O2. The molecule has 150 valence electrons. The van der Waals surface area contributed by atoms with Crippen LogP contribution in [-0.4, -0.2) is 31.1 Å². The van der Waals surface area contributed by atoms with Crippen LogP contribution in [0.25, 0.3) is 0 Å². The van der Waals surface area contributed by atoms with Gasteiger partial charge in [-0.3, -0.25) is 4.79 Å². The lowest BCUT2D eigenvalue weighted by molar-refractivity contribution is -0.141. The fourth-order valence-electron chi connectivity index (χ4n) is 3.38. The van der Waals surface area contributed by atoms with Gasteiger partial charge in [0.1, 0.15) is 17.1 Å². The first kappa shape index (κ1) is 20.1. The Hall–Kier alpha value is -2.61. The molecule has 1 aliphatic heterocycles. The molecule has 1 aromatic carbocycles. The zero-order valence-electron chi connectivity index (χ0n) is 15.9. The average Bonchev–Trinajstić information content (AvgIpc) is 2.60. The summed E-state index contributed by atoms with van der Waals surface area (Å²) in [5.74, 6) is -0.168. The minimum atomic E-state index is -4.59. The van der Waals surface area contributed by atoms with Crippen LogP contribution < -0.4 is 15.4 Å². The van der Waals surface area contributed by atoms with E-state index in [-0.39, 0.29) is 23.3 Å². The van der Waals surface area contributed by atoms with Crippen LogP contribution in [-0.2, 0) is 16.4 Å². The van der Waals surface area contributed by atoms with E-state index >= 15 is 0 Å². The number of ether oxygens (including phenoxy) is 1. The van der Waals surface area contributed by atoms with Crippen LogP contribution >= 0.6 is 0 Å². The quantitative estimate of drug-likeness (QED) is 0.813. The number of benzene rings is 1. The molecule has 2 heterocycles. The molecule has 28 heavy (non-hydrogen) atoms. The highest BCUT2D eigenvalue weighted by Crippen LogP contribution is 2.37. The third kappa shape index (κ3) is 3.56. The number of hydrogen-bond acceptors (Lipinski definition) is 4. The fraction of sp³-hybridized carbons (Fsp3) is 0.400. The molecule has 1 amide bonds. The summed E-state index contributed by atoms with van der Waals surface area (Å²) in [4.78, 5) is 16.6. The molecule has 0 radical (unpaired) electrons. The van der Waals surface area contributed by atoms with Gasteiger partial charge >= 0.3 is 6.18 Å². The fourth-order valence-corrected chi connectivity index (χ4v) is 3.38. The molecule has 1 saturated heterocycles. The second kappa shape index (κ2) is 7.43. The standard InChI is InChI=1S/C20H22F3N3O2/c1-12(2)13-6-4-5-7-14(13)19(10-24-11-19)18(27)26-15-9-25-17(20(21,22)23)8-16(15)28-3/h4-9,12,24H,10-11H2,1-3H3,(H,26,27). The van der Waals surface area contributed by atoms with Crippen LogP contribution in [0.1, 0.15) is 36.6 Å². The number of alkyl halides is 3. The first-order valence-electron chi connectivity index (χ1n) is 8.92. The number of carbonyl (C=O) groups excluding carboxylic acids is 1. The summed E-state index contributed by atoms with van der Waals surface area (Å²) in [7, 11) is 1.25. The summed E-state index contributed by atoms with van der Waals surface area (Å²) in [5, 5.41) is 5.85. The van der Waals surface area contributed by atoms with E-state index in [4.69, 9.17) is 4.74 Å². The van der Waals surface area contributed by atoms with E-state index in [1.54, 1.807) is 0 Å². The molecule has 0 spiro atoms. The lowest BCUT2D eigenvalue weighted by Crippen LogP contribution is -2.63. The van der Waals surface area contributed by atoms with Crippen molar-refractivity contribution in [3.05, 3.63) is 53.3 Å². The normalized spacial score (nSPS) is 15.8. The van der Waals surface area contributed by atoms with Gasteiger partial charge in [-0.1, -0.05) is 38.1 Å². The van der Waals surface area contributed by atoms with Gasteiger partial charge in [0, 0.05) is 19.2 Å². The molecule has 2 N–H and O–H groups in total. The van der Waals surface area contributed by atoms with Crippen LogP contribution in [0.15, 0.2) is 36.5 Å². The third-order valence-corrected chi connectivity index (χ3v) is 5.01. The molecule has 1 aromatic heterocycles. The highest BCUT2D eigenvalue weighted by atomic mass is 19.4. The lowest BCUT2D eigenvalue weighted by Gasteiger charge is -2.43. The minimum absolute atomic E-state index is 0.0877. The number of methoxy groups -OCH3 is 1. The molecule has 2 aromatic rings. The van der Waals surface area contributed by atoms with Crippen molar-refractivity contribution in [3.63, 3.8) is 0 Å². The van der Waals surface area contributed by atoms with Gasteiger partial charge in [0.15, 0.2) is 0 Å². The second-order valence-corrected chi connectivity index (χ2v) is 7.15. The van der Waals surface area contributed by atoms with Gasteiger partial charge in [-0.25, -0.2) is 4.98 Å². The van der Waals surface area contributed by atoms with Gasteiger partial charge in [0.2, 0.25) is 5.91 Å². The minimum Gasteiger partial charge on any atom is -0.494 e. The first-order valence-corrected chi connectivity index (χ1v) is 8.92. The van der Waals surface area contributed by atoms with Crippen molar-refractivity contribution in [1.82, 2.24) is 10.3 Å². The van der Waals surface area contributed by atoms with Gasteiger partial charge in [-0.15, -0.1) is 0 Å². The van der Waals surface area contributed by atoms with Crippen molar-refractivity contribution in [2.45, 2.75) is 31.4 Å². The first-order chi connectivity index (χ1) is 13.2. The number of carbonyl (C=O) groups is 1. The summed E-state index contributed by atoms with van der Waals surface area (Å²) < 4.78 is 43.7. The van der Waals surface area contributed by atoms with Gasteiger partial charge < -0.3 is 15.4 Å². The molecule has 1 fully saturated rings. The Morgan fingerprint density at radius 1 is 1.29 bits per heavy atom. The smallest absolute Gasteiger partial charge is 0.433 e. The SMILES string of the molecule is COc1cc(C(F)(F)F)ncc1NC(=O)C1(c2ccccc2C(C)C)CNC1. The van der Waals surface area contributed by atoms with Gasteiger partial charge in [0.05, 0.1) is 18.7 Å². The number of nitrogens with one attached hydrogen (secondary N) is 2. The molecule has 0 saturated carbocycles. The molecule has 1 aliphatic rings. The number of rotatable bonds is 5. The second-order valence-electron chi connectivity index (χ2n) is 7.15. The number of pyridine rings is 1. The number of anilines is 1. The highest BCUT2D eigenvalue weighted by molar-refractivity contribution is 6.01. The largest absolute Gasteiger partial charge is 0.494 e. The maximum Gasteiger partial charge on any atom is 0.433 e. The van der Waals surface area contributed by atoms with Gasteiger partial charge in [0.25, 0.3) is 0 Å². The third-order valence-electron chi connectivity index (χ3n) is 5.01. The Labute approximate surface area is 161 Å². The van der Waals surface area contributed by atoms with E-state index in [1.807, 2.05) is 24.3 Å². The Bertz CT molecular complexity index is 877. The van der Waals surface area contributed by atoms with Crippen molar-refractivity contribution in [2.75, 3.05) is 25.5 Å². The number of hydrogen-bond donors (Lipinski definition) is 2. The Morgan fingerprint density at radius 3 is 2.50 bits per heavy atom. The zero-order chi connectivity index (χ0) is 20.5. The molecule has 0 aliphatic carbocycles. The predicted octanol–water partition coefficient (Wildman–Crippen LogP) is 3.71. The van der Waals surface area contributed by atoms with E-state index in [1.165, 1.54) is 7.11 Å². The van der Waals surface area contributed by atoms with E-state index in [0.717, 1.165) is 23.4 Å². The van der Waals surface area contributed by atoms with Crippen molar-refractivity contribution < 1.29 is 22.7 Å². The molecule has 5 nitrogen and oxygen atoms in total. The number of aromatic nitrogens is 1. The van der Waals surface area contributed by atoms with Crippen molar-refractivity contribution in [2.24, 2.45) is 0 Å². The topological polar surface area (TPSA) is 63.2 Å². The van der Waals surface area contributed by atoms with E-state index in [2.05, 4.69) is 29.5 Å². The van der Waals surface area contributed by atoms with E-state index < -0.39 is 17.3 Å². The van der Waals surface area contributed by atoms with Gasteiger partial charge in [-0.05, 0) is 17.0 Å². The lowest BCUT2D eigenvalue weighted by atomic mass is 9.71. The van der Waals surface area contributed by atoms with E-state index in [0.29, 0.717) is 13.1 Å². The maximum absolute atomic E-state index is 13.2.